The minimum Gasteiger partial charge on any atom is -0.444 e. The fourth-order valence-corrected chi connectivity index (χ4v) is 2.95. The molecule has 6 heteroatoms. The van der Waals surface area contributed by atoms with E-state index in [1.807, 2.05) is 51.1 Å². The first-order chi connectivity index (χ1) is 12.3. The average Bonchev–Trinajstić information content (AvgIpc) is 3.06. The summed E-state index contributed by atoms with van der Waals surface area (Å²) in [6.07, 6.45) is 1.63. The van der Waals surface area contributed by atoms with Crippen LogP contribution >= 0.6 is 0 Å². The molecule has 26 heavy (non-hydrogen) atoms. The molecule has 6 nitrogen and oxygen atoms in total. The molecule has 0 bridgehead atoms. The minimum atomic E-state index is -0.732. The van der Waals surface area contributed by atoms with Gasteiger partial charge in [-0.3, -0.25) is 0 Å². The lowest BCUT2D eigenvalue weighted by Crippen LogP contribution is -2.50. The normalized spacial score (nSPS) is 19.8. The molecule has 2 rings (SSSR count). The van der Waals surface area contributed by atoms with Gasteiger partial charge in [-0.25, -0.2) is 4.79 Å². The number of benzene rings is 1. The number of hydrogen-bond acceptors (Lipinski definition) is 5. The van der Waals surface area contributed by atoms with Gasteiger partial charge < -0.3 is 25.2 Å². The SMILES string of the molecule is CC(C)(C)OC(=O)N[C@@H](Cc1ccccc1)[C@H](O)CNCC1CCCO1. The third-order valence-electron chi connectivity index (χ3n) is 4.21. The van der Waals surface area contributed by atoms with Crippen LogP contribution in [-0.4, -0.2) is 54.7 Å². The van der Waals surface area contributed by atoms with Crippen LogP contribution in [0.2, 0.25) is 0 Å². The van der Waals surface area contributed by atoms with Gasteiger partial charge in [-0.15, -0.1) is 0 Å². The quantitative estimate of drug-likeness (QED) is 0.659. The molecule has 146 valence electrons. The molecule has 3 atom stereocenters. The zero-order valence-corrected chi connectivity index (χ0v) is 16.0. The number of alkyl carbamates (subject to hydrolysis) is 1. The Morgan fingerprint density at radius 2 is 2.08 bits per heavy atom. The molecular formula is C20H32N2O4. The Labute approximate surface area is 156 Å². The summed E-state index contributed by atoms with van der Waals surface area (Å²) in [5, 5.41) is 16.7. The van der Waals surface area contributed by atoms with Gasteiger partial charge in [-0.1, -0.05) is 30.3 Å². The molecule has 0 radical (unpaired) electrons. The number of hydrogen-bond donors (Lipinski definition) is 3. The predicted molar refractivity (Wildman–Crippen MR) is 101 cm³/mol. The molecule has 3 N–H and O–H groups in total. The van der Waals surface area contributed by atoms with Crippen molar-refractivity contribution in [3.8, 4) is 0 Å². The second-order valence-corrected chi connectivity index (χ2v) is 7.80. The Morgan fingerprint density at radius 1 is 1.35 bits per heavy atom. The summed E-state index contributed by atoms with van der Waals surface area (Å²) in [7, 11) is 0. The molecule has 1 unspecified atom stereocenters. The van der Waals surface area contributed by atoms with Crippen LogP contribution < -0.4 is 10.6 Å². The Balaban J connectivity index is 1.90. The number of amides is 1. The van der Waals surface area contributed by atoms with Gasteiger partial charge in [0.05, 0.1) is 18.2 Å². The van der Waals surface area contributed by atoms with Gasteiger partial charge in [0.25, 0.3) is 0 Å². The van der Waals surface area contributed by atoms with Crippen LogP contribution in [0.25, 0.3) is 0 Å². The molecule has 1 amide bonds. The summed E-state index contributed by atoms with van der Waals surface area (Å²) >= 11 is 0. The molecule has 1 fully saturated rings. The van der Waals surface area contributed by atoms with E-state index in [1.54, 1.807) is 0 Å². The molecule has 0 saturated carbocycles. The molecule has 1 aliphatic heterocycles. The molecule has 0 spiro atoms. The first kappa shape index (κ1) is 20.7. The fraction of sp³-hybridized carbons (Fsp3) is 0.650. The van der Waals surface area contributed by atoms with Crippen molar-refractivity contribution in [1.82, 2.24) is 10.6 Å². The van der Waals surface area contributed by atoms with E-state index in [4.69, 9.17) is 9.47 Å². The first-order valence-electron chi connectivity index (χ1n) is 9.37. The van der Waals surface area contributed by atoms with Crippen LogP contribution in [0.4, 0.5) is 4.79 Å². The second-order valence-electron chi connectivity index (χ2n) is 7.80. The number of ether oxygens (including phenoxy) is 2. The highest BCUT2D eigenvalue weighted by Gasteiger charge is 2.25. The standard InChI is InChI=1S/C20H32N2O4/c1-20(2,3)26-19(24)22-17(12-15-8-5-4-6-9-15)18(23)14-21-13-16-10-7-11-25-16/h4-6,8-9,16-18,21,23H,7,10-14H2,1-3H3,(H,22,24)/t16?,17-,18+/m0/s1. The largest absolute Gasteiger partial charge is 0.444 e. The van der Waals surface area contributed by atoms with Crippen LogP contribution in [0.15, 0.2) is 30.3 Å². The van der Waals surface area contributed by atoms with Crippen molar-refractivity contribution in [2.45, 2.75) is 63.9 Å². The highest BCUT2D eigenvalue weighted by molar-refractivity contribution is 5.68. The van der Waals surface area contributed by atoms with Crippen LogP contribution in [-0.2, 0) is 15.9 Å². The van der Waals surface area contributed by atoms with Crippen LogP contribution in [0.1, 0.15) is 39.2 Å². The van der Waals surface area contributed by atoms with Gasteiger partial charge in [-0.05, 0) is 45.6 Å². The summed E-state index contributed by atoms with van der Waals surface area (Å²) < 4.78 is 10.9. The third-order valence-corrected chi connectivity index (χ3v) is 4.21. The molecule has 0 aliphatic carbocycles. The van der Waals surface area contributed by atoms with E-state index in [9.17, 15) is 9.90 Å². The first-order valence-corrected chi connectivity index (χ1v) is 9.37. The lowest BCUT2D eigenvalue weighted by atomic mass is 10.0. The zero-order valence-electron chi connectivity index (χ0n) is 16.0. The molecule has 1 saturated heterocycles. The minimum absolute atomic E-state index is 0.216. The van der Waals surface area contributed by atoms with E-state index >= 15 is 0 Å². The van der Waals surface area contributed by atoms with E-state index in [-0.39, 0.29) is 6.10 Å². The zero-order chi connectivity index (χ0) is 19.0. The maximum Gasteiger partial charge on any atom is 0.407 e. The van der Waals surface area contributed by atoms with Crippen LogP contribution in [0, 0.1) is 0 Å². The van der Waals surface area contributed by atoms with Gasteiger partial charge >= 0.3 is 6.09 Å². The number of rotatable bonds is 8. The van der Waals surface area contributed by atoms with E-state index in [2.05, 4.69) is 10.6 Å². The van der Waals surface area contributed by atoms with E-state index in [0.29, 0.717) is 19.5 Å². The Bertz CT molecular complexity index is 538. The molecule has 1 heterocycles. The van der Waals surface area contributed by atoms with Crippen molar-refractivity contribution in [3.63, 3.8) is 0 Å². The summed E-state index contributed by atoms with van der Waals surface area (Å²) in [4.78, 5) is 12.2. The number of aliphatic hydroxyl groups is 1. The van der Waals surface area contributed by atoms with Crippen molar-refractivity contribution in [2.24, 2.45) is 0 Å². The van der Waals surface area contributed by atoms with Crippen molar-refractivity contribution >= 4 is 6.09 Å². The molecular weight excluding hydrogens is 332 g/mol. The summed E-state index contributed by atoms with van der Waals surface area (Å²) in [5.74, 6) is 0. The fourth-order valence-electron chi connectivity index (χ4n) is 2.95. The monoisotopic (exact) mass is 364 g/mol. The molecule has 1 aromatic carbocycles. The number of nitrogens with one attached hydrogen (secondary N) is 2. The number of aliphatic hydroxyl groups excluding tert-OH is 1. The van der Waals surface area contributed by atoms with E-state index in [1.165, 1.54) is 0 Å². The average molecular weight is 364 g/mol. The summed E-state index contributed by atoms with van der Waals surface area (Å²) in [6.45, 7) is 7.36. The van der Waals surface area contributed by atoms with Crippen LogP contribution in [0.3, 0.4) is 0 Å². The van der Waals surface area contributed by atoms with Crippen molar-refractivity contribution < 1.29 is 19.4 Å². The third kappa shape index (κ3) is 7.72. The van der Waals surface area contributed by atoms with Crippen molar-refractivity contribution in [2.75, 3.05) is 19.7 Å². The summed E-state index contributed by atoms with van der Waals surface area (Å²) in [6, 6.07) is 9.36. The number of carbonyl (C=O) groups excluding carboxylic acids is 1. The maximum atomic E-state index is 12.2. The second kappa shape index (κ2) is 9.90. The highest BCUT2D eigenvalue weighted by Crippen LogP contribution is 2.12. The van der Waals surface area contributed by atoms with Gasteiger partial charge in [0.1, 0.15) is 5.60 Å². The van der Waals surface area contributed by atoms with Crippen LogP contribution in [0.5, 0.6) is 0 Å². The van der Waals surface area contributed by atoms with Crippen molar-refractivity contribution in [1.29, 1.82) is 0 Å². The Morgan fingerprint density at radius 3 is 2.69 bits per heavy atom. The van der Waals surface area contributed by atoms with Crippen molar-refractivity contribution in [3.05, 3.63) is 35.9 Å². The Hall–Kier alpha value is -1.63. The number of carbonyl (C=O) groups is 1. The highest BCUT2D eigenvalue weighted by atomic mass is 16.6. The molecule has 0 aromatic heterocycles. The maximum absolute atomic E-state index is 12.2. The Kier molecular flexibility index (Phi) is 7.87. The lowest BCUT2D eigenvalue weighted by molar-refractivity contribution is 0.0415. The molecule has 1 aliphatic rings. The lowest BCUT2D eigenvalue weighted by Gasteiger charge is -2.27. The van der Waals surface area contributed by atoms with Gasteiger partial charge in [0.15, 0.2) is 0 Å². The smallest absolute Gasteiger partial charge is 0.407 e. The predicted octanol–water partition coefficient (Wildman–Crippen LogP) is 2.25. The van der Waals surface area contributed by atoms with E-state index in [0.717, 1.165) is 25.0 Å². The van der Waals surface area contributed by atoms with Gasteiger partial charge in [0, 0.05) is 19.7 Å². The van der Waals surface area contributed by atoms with Gasteiger partial charge in [-0.2, -0.15) is 0 Å². The summed E-state index contributed by atoms with van der Waals surface area (Å²) in [5.41, 5.74) is 0.469. The molecule has 1 aromatic rings. The van der Waals surface area contributed by atoms with Gasteiger partial charge in [0.2, 0.25) is 0 Å². The topological polar surface area (TPSA) is 79.8 Å². The van der Waals surface area contributed by atoms with E-state index < -0.39 is 23.8 Å².